The second-order valence-corrected chi connectivity index (χ2v) is 6.49. The maximum Gasteiger partial charge on any atom is 0.416 e. The smallest absolute Gasteiger partial charge is 0.379 e. The molecule has 0 aliphatic carbocycles. The van der Waals surface area contributed by atoms with Gasteiger partial charge in [-0.3, -0.25) is 9.69 Å². The average Bonchev–Trinajstić information content (AvgIpc) is 2.62. The van der Waals surface area contributed by atoms with Gasteiger partial charge in [0.05, 0.1) is 24.8 Å². The van der Waals surface area contributed by atoms with Gasteiger partial charge in [-0.1, -0.05) is 19.1 Å². The maximum atomic E-state index is 12.8. The molecule has 0 bridgehead atoms. The molecule has 1 aromatic carbocycles. The normalized spacial score (nSPS) is 17.0. The standard InChI is InChI=1S/C18H26F3N3O2.2ClH/c1-13(11-22-2)17(25)23-12-16(24-7-9-26-10-8-24)14-3-5-15(6-4-14)18(19,20)21;;/h3-6,13,16,22H,7-12H2,1-2H3,(H,23,25);2*1H. The molecule has 5 nitrogen and oxygen atoms in total. The number of benzene rings is 1. The number of carbonyl (C=O) groups excluding carboxylic acids is 1. The highest BCUT2D eigenvalue weighted by atomic mass is 35.5. The highest BCUT2D eigenvalue weighted by Gasteiger charge is 2.31. The molecule has 1 aromatic rings. The summed E-state index contributed by atoms with van der Waals surface area (Å²) in [7, 11) is 1.78. The van der Waals surface area contributed by atoms with Crippen LogP contribution in [0.25, 0.3) is 0 Å². The van der Waals surface area contributed by atoms with Gasteiger partial charge in [0.25, 0.3) is 0 Å². The highest BCUT2D eigenvalue weighted by molar-refractivity contribution is 5.85. The van der Waals surface area contributed by atoms with Gasteiger partial charge < -0.3 is 15.4 Å². The van der Waals surface area contributed by atoms with Gasteiger partial charge in [-0.05, 0) is 24.7 Å². The highest BCUT2D eigenvalue weighted by Crippen LogP contribution is 2.31. The lowest BCUT2D eigenvalue weighted by Crippen LogP contribution is -2.45. The molecule has 0 radical (unpaired) electrons. The molecule has 0 spiro atoms. The van der Waals surface area contributed by atoms with Crippen LogP contribution >= 0.6 is 24.8 Å². The maximum absolute atomic E-state index is 12.8. The fraction of sp³-hybridized carbons (Fsp3) is 0.611. The van der Waals surface area contributed by atoms with Crippen molar-refractivity contribution in [3.05, 3.63) is 35.4 Å². The summed E-state index contributed by atoms with van der Waals surface area (Å²) in [4.78, 5) is 14.3. The number of nitrogens with one attached hydrogen (secondary N) is 2. The monoisotopic (exact) mass is 445 g/mol. The zero-order chi connectivity index (χ0) is 19.2. The lowest BCUT2D eigenvalue weighted by molar-refractivity contribution is -0.137. The van der Waals surface area contributed by atoms with Gasteiger partial charge >= 0.3 is 6.18 Å². The summed E-state index contributed by atoms with van der Waals surface area (Å²) in [5.74, 6) is -0.262. The molecule has 10 heteroatoms. The van der Waals surface area contributed by atoms with E-state index in [1.165, 1.54) is 12.1 Å². The summed E-state index contributed by atoms with van der Waals surface area (Å²) in [5, 5.41) is 5.88. The van der Waals surface area contributed by atoms with Crippen LogP contribution in [0.2, 0.25) is 0 Å². The number of nitrogens with zero attached hydrogens (tertiary/aromatic N) is 1. The van der Waals surface area contributed by atoms with Crippen LogP contribution in [0, 0.1) is 5.92 Å². The Morgan fingerprint density at radius 3 is 2.21 bits per heavy atom. The Balaban J connectivity index is 0.00000364. The van der Waals surface area contributed by atoms with Gasteiger partial charge in [0, 0.05) is 32.1 Å². The predicted octanol–water partition coefficient (Wildman–Crippen LogP) is 2.89. The van der Waals surface area contributed by atoms with Crippen molar-refractivity contribution < 1.29 is 22.7 Å². The number of halogens is 5. The Kier molecular flexibility index (Phi) is 12.0. The lowest BCUT2D eigenvalue weighted by atomic mass is 10.0. The van der Waals surface area contributed by atoms with Crippen LogP contribution < -0.4 is 10.6 Å². The summed E-state index contributed by atoms with van der Waals surface area (Å²) < 4.78 is 43.8. The minimum atomic E-state index is -4.36. The van der Waals surface area contributed by atoms with Crippen molar-refractivity contribution in [2.75, 3.05) is 46.4 Å². The minimum absolute atomic E-state index is 0. The first kappa shape index (κ1) is 26.9. The van der Waals surface area contributed by atoms with Crippen LogP contribution in [-0.4, -0.2) is 57.2 Å². The molecule has 2 unspecified atom stereocenters. The molecule has 1 aliphatic rings. The van der Waals surface area contributed by atoms with Gasteiger partial charge in [-0.2, -0.15) is 13.2 Å². The van der Waals surface area contributed by atoms with Gasteiger partial charge in [0.15, 0.2) is 0 Å². The van der Waals surface area contributed by atoms with E-state index in [9.17, 15) is 18.0 Å². The Bertz CT molecular complexity index is 582. The van der Waals surface area contributed by atoms with Crippen LogP contribution in [-0.2, 0) is 15.7 Å². The van der Waals surface area contributed by atoms with Gasteiger partial charge in [0.2, 0.25) is 5.91 Å². The average molecular weight is 446 g/mol. The number of hydrogen-bond acceptors (Lipinski definition) is 4. The molecule has 1 amide bonds. The first-order chi connectivity index (χ1) is 12.3. The number of rotatable bonds is 7. The third-order valence-corrected chi connectivity index (χ3v) is 4.54. The molecule has 28 heavy (non-hydrogen) atoms. The van der Waals surface area contributed by atoms with Crippen LogP contribution in [0.3, 0.4) is 0 Å². The Morgan fingerprint density at radius 1 is 1.14 bits per heavy atom. The molecule has 1 aliphatic heterocycles. The summed E-state index contributed by atoms with van der Waals surface area (Å²) in [5.41, 5.74) is 0.0788. The van der Waals surface area contributed by atoms with Gasteiger partial charge in [0.1, 0.15) is 0 Å². The molecule has 2 atom stereocenters. The van der Waals surface area contributed by atoms with Crippen molar-refractivity contribution in [2.24, 2.45) is 5.92 Å². The molecular formula is C18H28Cl2F3N3O2. The largest absolute Gasteiger partial charge is 0.416 e. The fourth-order valence-electron chi connectivity index (χ4n) is 3.01. The van der Waals surface area contributed by atoms with Crippen molar-refractivity contribution in [2.45, 2.75) is 19.1 Å². The van der Waals surface area contributed by atoms with Crippen LogP contribution in [0.1, 0.15) is 24.1 Å². The molecule has 2 N–H and O–H groups in total. The Labute approximate surface area is 176 Å². The quantitative estimate of drug-likeness (QED) is 0.677. The van der Waals surface area contributed by atoms with Crippen molar-refractivity contribution in [1.82, 2.24) is 15.5 Å². The molecule has 2 rings (SSSR count). The first-order valence-corrected chi connectivity index (χ1v) is 8.74. The lowest BCUT2D eigenvalue weighted by Gasteiger charge is -2.35. The van der Waals surface area contributed by atoms with E-state index in [-0.39, 0.29) is 42.7 Å². The number of hydrogen-bond donors (Lipinski definition) is 2. The number of alkyl halides is 3. The summed E-state index contributed by atoms with van der Waals surface area (Å²) in [6.07, 6.45) is -4.36. The molecule has 0 saturated carbocycles. The van der Waals surface area contributed by atoms with E-state index in [2.05, 4.69) is 15.5 Å². The third-order valence-electron chi connectivity index (χ3n) is 4.54. The molecule has 1 saturated heterocycles. The molecule has 0 aromatic heterocycles. The molecule has 1 fully saturated rings. The number of ether oxygens (including phenoxy) is 1. The van der Waals surface area contributed by atoms with E-state index in [1.807, 2.05) is 6.92 Å². The number of carbonyl (C=O) groups is 1. The predicted molar refractivity (Wildman–Crippen MR) is 107 cm³/mol. The van der Waals surface area contributed by atoms with E-state index in [4.69, 9.17) is 4.74 Å². The summed E-state index contributed by atoms with van der Waals surface area (Å²) >= 11 is 0. The topological polar surface area (TPSA) is 53.6 Å². The van der Waals surface area contributed by atoms with E-state index < -0.39 is 11.7 Å². The molecular weight excluding hydrogens is 418 g/mol. The van der Waals surface area contributed by atoms with Crippen molar-refractivity contribution in [3.8, 4) is 0 Å². The molecule has 162 valence electrons. The second kappa shape index (κ2) is 12.5. The van der Waals surface area contributed by atoms with Crippen molar-refractivity contribution in [1.29, 1.82) is 0 Å². The minimum Gasteiger partial charge on any atom is -0.379 e. The fourth-order valence-corrected chi connectivity index (χ4v) is 3.01. The Hall–Kier alpha value is -1.06. The van der Waals surface area contributed by atoms with Crippen molar-refractivity contribution in [3.63, 3.8) is 0 Å². The second-order valence-electron chi connectivity index (χ2n) is 6.49. The third kappa shape index (κ3) is 7.75. The van der Waals surface area contributed by atoms with E-state index in [0.29, 0.717) is 39.4 Å². The van der Waals surface area contributed by atoms with Crippen LogP contribution in [0.5, 0.6) is 0 Å². The van der Waals surface area contributed by atoms with E-state index >= 15 is 0 Å². The van der Waals surface area contributed by atoms with E-state index in [1.54, 1.807) is 7.05 Å². The Morgan fingerprint density at radius 2 is 1.71 bits per heavy atom. The number of morpholine rings is 1. The van der Waals surface area contributed by atoms with Crippen LogP contribution in [0.15, 0.2) is 24.3 Å². The van der Waals surface area contributed by atoms with Crippen molar-refractivity contribution >= 4 is 30.7 Å². The van der Waals surface area contributed by atoms with E-state index in [0.717, 1.165) is 17.7 Å². The molecule has 1 heterocycles. The number of amides is 1. The SMILES string of the molecule is CNCC(C)C(=O)NCC(c1ccc(C(F)(F)F)cc1)N1CCOCC1.Cl.Cl. The zero-order valence-electron chi connectivity index (χ0n) is 15.9. The zero-order valence-corrected chi connectivity index (χ0v) is 17.6. The first-order valence-electron chi connectivity index (χ1n) is 8.74. The van der Waals surface area contributed by atoms with Gasteiger partial charge in [-0.25, -0.2) is 0 Å². The summed E-state index contributed by atoms with van der Waals surface area (Å²) in [6.45, 7) is 5.23. The summed E-state index contributed by atoms with van der Waals surface area (Å²) in [6, 6.07) is 4.98. The van der Waals surface area contributed by atoms with Gasteiger partial charge in [-0.15, -0.1) is 24.8 Å². The van der Waals surface area contributed by atoms with Crippen LogP contribution in [0.4, 0.5) is 13.2 Å².